The summed E-state index contributed by atoms with van der Waals surface area (Å²) in [4.78, 5) is 4.14. The first-order valence-electron chi connectivity index (χ1n) is 5.96. The van der Waals surface area contributed by atoms with Crippen molar-refractivity contribution < 1.29 is 4.74 Å². The van der Waals surface area contributed by atoms with Crippen molar-refractivity contribution in [1.29, 1.82) is 0 Å². The molecule has 5 heteroatoms. The zero-order valence-corrected chi connectivity index (χ0v) is 10.8. The van der Waals surface area contributed by atoms with E-state index in [1.54, 1.807) is 7.11 Å². The Labute approximate surface area is 107 Å². The van der Waals surface area contributed by atoms with E-state index in [0.29, 0.717) is 0 Å². The van der Waals surface area contributed by atoms with E-state index >= 15 is 0 Å². The van der Waals surface area contributed by atoms with Crippen molar-refractivity contribution in [2.75, 3.05) is 7.11 Å². The summed E-state index contributed by atoms with van der Waals surface area (Å²) in [5, 5.41) is 10.2. The summed E-state index contributed by atoms with van der Waals surface area (Å²) in [6.07, 6.45) is 1.52. The Morgan fingerprint density at radius 2 is 2.11 bits per heavy atom. The van der Waals surface area contributed by atoms with E-state index in [1.165, 1.54) is 11.9 Å². The second-order valence-electron chi connectivity index (χ2n) is 4.26. The number of nitrogens with one attached hydrogen (secondary N) is 2. The summed E-state index contributed by atoms with van der Waals surface area (Å²) in [7, 11) is 1.67. The van der Waals surface area contributed by atoms with E-state index in [9.17, 15) is 0 Å². The largest absolute Gasteiger partial charge is 0.497 e. The Morgan fingerprint density at radius 1 is 1.28 bits per heavy atom. The van der Waals surface area contributed by atoms with E-state index < -0.39 is 0 Å². The lowest BCUT2D eigenvalue weighted by molar-refractivity contribution is 0.412. The third-order valence-electron chi connectivity index (χ3n) is 2.94. The quantitative estimate of drug-likeness (QED) is 0.849. The van der Waals surface area contributed by atoms with E-state index in [2.05, 4.69) is 40.4 Å². The number of aromatic nitrogens is 3. The minimum atomic E-state index is 0.119. The molecule has 0 bridgehead atoms. The molecule has 0 amide bonds. The molecule has 1 aromatic heterocycles. The molecule has 0 radical (unpaired) electrons. The molecule has 2 atom stereocenters. The lowest BCUT2D eigenvalue weighted by Gasteiger charge is -2.19. The van der Waals surface area contributed by atoms with Crippen LogP contribution in [-0.4, -0.2) is 22.3 Å². The molecular formula is C13H18N4O. The maximum absolute atomic E-state index is 5.23. The predicted molar refractivity (Wildman–Crippen MR) is 69.3 cm³/mol. The first-order chi connectivity index (χ1) is 8.70. The highest BCUT2D eigenvalue weighted by atomic mass is 16.5. The van der Waals surface area contributed by atoms with Gasteiger partial charge in [0.25, 0.3) is 0 Å². The lowest BCUT2D eigenvalue weighted by Crippen LogP contribution is -2.23. The molecule has 2 rings (SSSR count). The van der Waals surface area contributed by atoms with Gasteiger partial charge in [0.1, 0.15) is 17.9 Å². The van der Waals surface area contributed by atoms with Gasteiger partial charge in [0.15, 0.2) is 0 Å². The topological polar surface area (TPSA) is 62.8 Å². The summed E-state index contributed by atoms with van der Waals surface area (Å²) in [5.41, 5.74) is 1.18. The number of aromatic amines is 1. The number of hydrogen-bond acceptors (Lipinski definition) is 4. The summed E-state index contributed by atoms with van der Waals surface area (Å²) in [5.74, 6) is 1.71. The Bertz CT molecular complexity index is 483. The number of H-pyrrole nitrogens is 1. The van der Waals surface area contributed by atoms with Gasteiger partial charge in [0, 0.05) is 6.04 Å². The van der Waals surface area contributed by atoms with Gasteiger partial charge in [-0.25, -0.2) is 4.98 Å². The molecule has 0 fully saturated rings. The van der Waals surface area contributed by atoms with Crippen molar-refractivity contribution in [3.05, 3.63) is 42.0 Å². The molecule has 1 aromatic carbocycles. The number of nitrogens with zero attached hydrogens (tertiary/aromatic N) is 2. The van der Waals surface area contributed by atoms with Gasteiger partial charge in [0.2, 0.25) is 0 Å². The van der Waals surface area contributed by atoms with Crippen LogP contribution in [0.15, 0.2) is 30.6 Å². The smallest absolute Gasteiger partial charge is 0.141 e. The van der Waals surface area contributed by atoms with Crippen LogP contribution in [0.1, 0.15) is 37.3 Å². The fourth-order valence-electron chi connectivity index (χ4n) is 1.88. The number of benzene rings is 1. The van der Waals surface area contributed by atoms with Gasteiger partial charge in [-0.2, -0.15) is 5.10 Å². The maximum Gasteiger partial charge on any atom is 0.141 e. The van der Waals surface area contributed by atoms with Crippen molar-refractivity contribution in [3.63, 3.8) is 0 Å². The van der Waals surface area contributed by atoms with Crippen molar-refractivity contribution in [2.24, 2.45) is 0 Å². The molecule has 96 valence electrons. The molecule has 1 heterocycles. The van der Waals surface area contributed by atoms with Gasteiger partial charge in [-0.15, -0.1) is 0 Å². The fourth-order valence-corrected chi connectivity index (χ4v) is 1.88. The molecule has 0 aliphatic carbocycles. The van der Waals surface area contributed by atoms with Crippen LogP contribution < -0.4 is 10.1 Å². The van der Waals surface area contributed by atoms with Crippen molar-refractivity contribution in [1.82, 2.24) is 20.5 Å². The number of hydrogen-bond donors (Lipinski definition) is 2. The average molecular weight is 246 g/mol. The Hall–Kier alpha value is -1.88. The zero-order valence-electron chi connectivity index (χ0n) is 10.8. The Balaban J connectivity index is 2.04. The van der Waals surface area contributed by atoms with Crippen molar-refractivity contribution in [3.8, 4) is 5.75 Å². The molecule has 0 saturated heterocycles. The highest BCUT2D eigenvalue weighted by Gasteiger charge is 2.13. The molecule has 5 nitrogen and oxygen atoms in total. The van der Waals surface area contributed by atoms with E-state index in [-0.39, 0.29) is 12.1 Å². The highest BCUT2D eigenvalue weighted by molar-refractivity contribution is 5.30. The second kappa shape index (κ2) is 5.64. The molecule has 0 aliphatic rings. The zero-order chi connectivity index (χ0) is 13.0. The van der Waals surface area contributed by atoms with Crippen molar-refractivity contribution in [2.45, 2.75) is 25.9 Å². The van der Waals surface area contributed by atoms with Crippen LogP contribution in [0.3, 0.4) is 0 Å². The molecule has 2 unspecified atom stereocenters. The minimum Gasteiger partial charge on any atom is -0.497 e. The molecule has 0 saturated carbocycles. The van der Waals surface area contributed by atoms with Crippen LogP contribution in [0.5, 0.6) is 5.75 Å². The number of rotatable bonds is 5. The Morgan fingerprint density at radius 3 is 2.78 bits per heavy atom. The standard InChI is InChI=1S/C13H18N4O/c1-9(11-5-4-6-12(7-11)18-3)16-10(2)13-14-8-15-17-13/h4-10,16H,1-3H3,(H,14,15,17). The van der Waals surface area contributed by atoms with E-state index in [1.807, 2.05) is 18.2 Å². The third kappa shape index (κ3) is 2.87. The van der Waals surface area contributed by atoms with Crippen LogP contribution >= 0.6 is 0 Å². The van der Waals surface area contributed by atoms with E-state index in [4.69, 9.17) is 4.74 Å². The molecular weight excluding hydrogens is 228 g/mol. The third-order valence-corrected chi connectivity index (χ3v) is 2.94. The first-order valence-corrected chi connectivity index (χ1v) is 5.96. The maximum atomic E-state index is 5.23. The van der Waals surface area contributed by atoms with Crippen LogP contribution in [0.2, 0.25) is 0 Å². The summed E-state index contributed by atoms with van der Waals surface area (Å²) >= 11 is 0. The monoisotopic (exact) mass is 246 g/mol. The van der Waals surface area contributed by atoms with Gasteiger partial charge in [-0.1, -0.05) is 12.1 Å². The molecule has 18 heavy (non-hydrogen) atoms. The normalized spacial score (nSPS) is 14.2. The minimum absolute atomic E-state index is 0.119. The Kier molecular flexibility index (Phi) is 3.94. The first kappa shape index (κ1) is 12.6. The fraction of sp³-hybridized carbons (Fsp3) is 0.385. The lowest BCUT2D eigenvalue weighted by atomic mass is 10.1. The van der Waals surface area contributed by atoms with Gasteiger partial charge in [0.05, 0.1) is 13.2 Å². The molecule has 0 aliphatic heterocycles. The van der Waals surface area contributed by atoms with Crippen LogP contribution in [-0.2, 0) is 0 Å². The van der Waals surface area contributed by atoms with Crippen LogP contribution in [0, 0.1) is 0 Å². The molecule has 2 aromatic rings. The average Bonchev–Trinajstić information content (AvgIpc) is 2.92. The SMILES string of the molecule is COc1cccc(C(C)NC(C)c2ncn[nH]2)c1. The molecule has 0 spiro atoms. The van der Waals surface area contributed by atoms with Crippen molar-refractivity contribution >= 4 is 0 Å². The van der Waals surface area contributed by atoms with E-state index in [0.717, 1.165) is 11.6 Å². The number of methoxy groups -OCH3 is 1. The molecule has 2 N–H and O–H groups in total. The number of ether oxygens (including phenoxy) is 1. The van der Waals surface area contributed by atoms with Crippen LogP contribution in [0.4, 0.5) is 0 Å². The van der Waals surface area contributed by atoms with Gasteiger partial charge in [-0.05, 0) is 31.5 Å². The predicted octanol–water partition coefficient (Wildman–Crippen LogP) is 2.23. The van der Waals surface area contributed by atoms with Gasteiger partial charge >= 0.3 is 0 Å². The highest BCUT2D eigenvalue weighted by Crippen LogP contribution is 2.21. The summed E-state index contributed by atoms with van der Waals surface area (Å²) in [6, 6.07) is 8.37. The summed E-state index contributed by atoms with van der Waals surface area (Å²) in [6.45, 7) is 4.17. The van der Waals surface area contributed by atoms with Gasteiger partial charge < -0.3 is 10.1 Å². The summed E-state index contributed by atoms with van der Waals surface area (Å²) < 4.78 is 5.23. The van der Waals surface area contributed by atoms with Gasteiger partial charge in [-0.3, -0.25) is 5.10 Å². The van der Waals surface area contributed by atoms with Crippen LogP contribution in [0.25, 0.3) is 0 Å². The second-order valence-corrected chi connectivity index (χ2v) is 4.26.